The number of carbonyl (C=O) groups is 4. The van der Waals surface area contributed by atoms with Gasteiger partial charge in [-0.2, -0.15) is 0 Å². The fourth-order valence-corrected chi connectivity index (χ4v) is 5.52. The molecule has 0 N–H and O–H groups in total. The molecular weight excluding hydrogens is 572 g/mol. The van der Waals surface area contributed by atoms with Gasteiger partial charge in [-0.05, 0) is 99.7 Å². The van der Waals surface area contributed by atoms with Crippen LogP contribution >= 0.6 is 0 Å². The van der Waals surface area contributed by atoms with Gasteiger partial charge in [-0.15, -0.1) is 0 Å². The van der Waals surface area contributed by atoms with Gasteiger partial charge >= 0.3 is 17.9 Å². The summed E-state index contributed by atoms with van der Waals surface area (Å²) in [5, 5.41) is 0. The average Bonchev–Trinajstić information content (AvgIpc) is 3.06. The van der Waals surface area contributed by atoms with Gasteiger partial charge < -0.3 is 18.9 Å². The Kier molecular flexibility index (Phi) is 15.9. The summed E-state index contributed by atoms with van der Waals surface area (Å²) in [7, 11) is 0. The quantitative estimate of drug-likeness (QED) is 0.0477. The number of rotatable bonds is 20. The van der Waals surface area contributed by atoms with E-state index in [0.29, 0.717) is 36.7 Å². The summed E-state index contributed by atoms with van der Waals surface area (Å²) in [6, 6.07) is 11.0. The summed E-state index contributed by atoms with van der Waals surface area (Å²) in [5.74, 6) is 0.246. The van der Waals surface area contributed by atoms with Gasteiger partial charge in [0, 0.05) is 6.08 Å². The molecule has 0 aliphatic heterocycles. The predicted molar refractivity (Wildman–Crippen MR) is 173 cm³/mol. The second-order valence-corrected chi connectivity index (χ2v) is 11.7. The highest BCUT2D eigenvalue weighted by atomic mass is 16.5. The highest BCUT2D eigenvalue weighted by molar-refractivity contribution is 5.93. The minimum Gasteiger partial charge on any atom is -0.494 e. The monoisotopic (exact) mass is 620 g/mol. The standard InChI is InChI=1S/C37H48O8/c1-3-5-6-7-10-13-28-14-16-29(17-15-28)36(40)44-33-22-23-34(31(26-33)27-38)45-37(41)30-18-20-32(21-19-30)42-24-11-8-9-12-25-43-35(39)4-2/h4,18-23,26-29H,2-3,5-17,24-25H2,1H3. The summed E-state index contributed by atoms with van der Waals surface area (Å²) in [4.78, 5) is 48.4. The molecule has 2 aromatic carbocycles. The van der Waals surface area contributed by atoms with Crippen LogP contribution in [0, 0.1) is 11.8 Å². The van der Waals surface area contributed by atoms with Crippen LogP contribution in [0.25, 0.3) is 0 Å². The number of hydrogen-bond acceptors (Lipinski definition) is 8. The maximum atomic E-state index is 12.8. The topological polar surface area (TPSA) is 105 Å². The number of carbonyl (C=O) groups excluding carboxylic acids is 4. The first-order chi connectivity index (χ1) is 21.9. The number of esters is 3. The Morgan fingerprint density at radius 1 is 0.800 bits per heavy atom. The van der Waals surface area contributed by atoms with Crippen LogP contribution in [-0.4, -0.2) is 37.4 Å². The van der Waals surface area contributed by atoms with E-state index in [1.165, 1.54) is 50.7 Å². The zero-order chi connectivity index (χ0) is 32.3. The van der Waals surface area contributed by atoms with Crippen LogP contribution in [0.1, 0.15) is 118 Å². The average molecular weight is 621 g/mol. The second-order valence-electron chi connectivity index (χ2n) is 11.7. The molecule has 2 aromatic rings. The van der Waals surface area contributed by atoms with E-state index in [4.69, 9.17) is 18.9 Å². The van der Waals surface area contributed by atoms with Crippen LogP contribution < -0.4 is 14.2 Å². The summed E-state index contributed by atoms with van der Waals surface area (Å²) in [6.45, 7) is 6.50. The smallest absolute Gasteiger partial charge is 0.343 e. The molecule has 0 heterocycles. The van der Waals surface area contributed by atoms with E-state index < -0.39 is 11.9 Å². The van der Waals surface area contributed by atoms with E-state index in [0.717, 1.165) is 57.4 Å². The first-order valence-electron chi connectivity index (χ1n) is 16.5. The van der Waals surface area contributed by atoms with Crippen LogP contribution in [0.5, 0.6) is 17.2 Å². The first kappa shape index (κ1) is 35.5. The van der Waals surface area contributed by atoms with Crippen molar-refractivity contribution in [1.29, 1.82) is 0 Å². The molecule has 0 unspecified atom stereocenters. The van der Waals surface area contributed by atoms with E-state index in [2.05, 4.69) is 13.5 Å². The number of unbranched alkanes of at least 4 members (excludes halogenated alkanes) is 7. The molecule has 3 rings (SSSR count). The van der Waals surface area contributed by atoms with Crippen molar-refractivity contribution in [3.05, 3.63) is 66.2 Å². The Balaban J connectivity index is 1.39. The Morgan fingerprint density at radius 3 is 2.16 bits per heavy atom. The molecule has 1 aliphatic carbocycles. The number of hydrogen-bond donors (Lipinski definition) is 0. The molecule has 0 bridgehead atoms. The largest absolute Gasteiger partial charge is 0.494 e. The minimum atomic E-state index is -0.617. The lowest BCUT2D eigenvalue weighted by Crippen LogP contribution is -2.25. The van der Waals surface area contributed by atoms with Crippen molar-refractivity contribution in [3.8, 4) is 17.2 Å². The van der Waals surface area contributed by atoms with E-state index in [1.54, 1.807) is 30.3 Å². The van der Waals surface area contributed by atoms with E-state index >= 15 is 0 Å². The van der Waals surface area contributed by atoms with Crippen molar-refractivity contribution < 1.29 is 38.1 Å². The number of benzene rings is 2. The SMILES string of the molecule is C=CC(=O)OCCCCCCOc1ccc(C(=O)Oc2ccc(OC(=O)C3CCC(CCCCCCC)CC3)cc2C=O)cc1. The molecule has 1 saturated carbocycles. The highest BCUT2D eigenvalue weighted by Gasteiger charge is 2.28. The maximum Gasteiger partial charge on any atom is 0.343 e. The Hall–Kier alpha value is -3.94. The Labute approximate surface area is 267 Å². The lowest BCUT2D eigenvalue weighted by Gasteiger charge is -2.27. The molecule has 8 heteroatoms. The first-order valence-corrected chi connectivity index (χ1v) is 16.5. The van der Waals surface area contributed by atoms with Crippen molar-refractivity contribution in [3.63, 3.8) is 0 Å². The van der Waals surface area contributed by atoms with Crippen molar-refractivity contribution in [2.24, 2.45) is 11.8 Å². The van der Waals surface area contributed by atoms with Gasteiger partial charge in [-0.1, -0.05) is 52.0 Å². The number of ether oxygens (including phenoxy) is 4. The van der Waals surface area contributed by atoms with Gasteiger partial charge in [-0.3, -0.25) is 9.59 Å². The van der Waals surface area contributed by atoms with Gasteiger partial charge in [0.15, 0.2) is 6.29 Å². The zero-order valence-electron chi connectivity index (χ0n) is 26.6. The van der Waals surface area contributed by atoms with Gasteiger partial charge in [-0.25, -0.2) is 9.59 Å². The summed E-state index contributed by atoms with van der Waals surface area (Å²) < 4.78 is 21.8. The molecule has 0 amide bonds. The molecule has 1 fully saturated rings. The maximum absolute atomic E-state index is 12.8. The third-order valence-electron chi connectivity index (χ3n) is 8.23. The van der Waals surface area contributed by atoms with E-state index in [-0.39, 0.29) is 28.9 Å². The molecule has 0 atom stereocenters. The molecule has 0 radical (unpaired) electrons. The molecular formula is C37H48O8. The third-order valence-corrected chi connectivity index (χ3v) is 8.23. The summed E-state index contributed by atoms with van der Waals surface area (Å²) in [6.07, 6.45) is 16.7. The molecule has 0 aromatic heterocycles. The predicted octanol–water partition coefficient (Wildman–Crippen LogP) is 8.46. The van der Waals surface area contributed by atoms with Gasteiger partial charge in [0.25, 0.3) is 0 Å². The molecule has 8 nitrogen and oxygen atoms in total. The van der Waals surface area contributed by atoms with Crippen LogP contribution in [0.15, 0.2) is 55.1 Å². The Bertz CT molecular complexity index is 1230. The normalized spacial score (nSPS) is 15.9. The van der Waals surface area contributed by atoms with Crippen LogP contribution in [-0.2, 0) is 14.3 Å². The molecule has 0 spiro atoms. The lowest BCUT2D eigenvalue weighted by atomic mass is 9.80. The fourth-order valence-electron chi connectivity index (χ4n) is 5.52. The van der Waals surface area contributed by atoms with Crippen molar-refractivity contribution >= 4 is 24.2 Å². The molecule has 244 valence electrons. The van der Waals surface area contributed by atoms with E-state index in [1.807, 2.05) is 0 Å². The van der Waals surface area contributed by atoms with Crippen LogP contribution in [0.2, 0.25) is 0 Å². The molecule has 45 heavy (non-hydrogen) atoms. The molecule has 1 aliphatic rings. The lowest BCUT2D eigenvalue weighted by molar-refractivity contribution is -0.140. The highest BCUT2D eigenvalue weighted by Crippen LogP contribution is 2.33. The van der Waals surface area contributed by atoms with Gasteiger partial charge in [0.1, 0.15) is 17.2 Å². The Morgan fingerprint density at radius 2 is 1.47 bits per heavy atom. The van der Waals surface area contributed by atoms with Crippen LogP contribution in [0.4, 0.5) is 0 Å². The van der Waals surface area contributed by atoms with Crippen molar-refractivity contribution in [2.75, 3.05) is 13.2 Å². The third kappa shape index (κ3) is 12.9. The zero-order valence-corrected chi connectivity index (χ0v) is 26.6. The van der Waals surface area contributed by atoms with Gasteiger partial charge in [0.2, 0.25) is 0 Å². The molecule has 0 saturated heterocycles. The summed E-state index contributed by atoms with van der Waals surface area (Å²) >= 11 is 0. The summed E-state index contributed by atoms with van der Waals surface area (Å²) in [5.41, 5.74) is 0.430. The van der Waals surface area contributed by atoms with Gasteiger partial charge in [0.05, 0.1) is 30.3 Å². The van der Waals surface area contributed by atoms with Crippen molar-refractivity contribution in [2.45, 2.75) is 96.8 Å². The minimum absolute atomic E-state index is 0.0915. The van der Waals surface area contributed by atoms with Crippen LogP contribution in [0.3, 0.4) is 0 Å². The fraction of sp³-hybridized carbons (Fsp3) is 0.514. The number of aldehydes is 1. The second kappa shape index (κ2) is 20.2. The van der Waals surface area contributed by atoms with Crippen molar-refractivity contribution in [1.82, 2.24) is 0 Å². The van der Waals surface area contributed by atoms with E-state index in [9.17, 15) is 19.2 Å².